The first kappa shape index (κ1) is 34.2. The van der Waals surface area contributed by atoms with E-state index in [1.807, 2.05) is 79.7 Å². The smallest absolute Gasteiger partial charge is 0.389 e. The molecule has 0 radical (unpaired) electrons. The van der Waals surface area contributed by atoms with Gasteiger partial charge in [0.15, 0.2) is 0 Å². The average Bonchev–Trinajstić information content (AvgIpc) is 2.87. The van der Waals surface area contributed by atoms with Crippen molar-refractivity contribution in [3.8, 4) is 16.9 Å². The van der Waals surface area contributed by atoms with Crippen LogP contribution >= 0.6 is 0 Å². The number of alkyl halides is 3. The predicted molar refractivity (Wildman–Crippen MR) is 164 cm³/mol. The molecule has 2 atom stereocenters. The van der Waals surface area contributed by atoms with Crippen LogP contribution in [0.25, 0.3) is 22.1 Å². The number of carbonyl (C=O) groups is 1. The molecule has 5 nitrogen and oxygen atoms in total. The van der Waals surface area contributed by atoms with Crippen molar-refractivity contribution in [2.75, 3.05) is 13.2 Å². The Labute approximate surface area is 252 Å². The molecule has 0 N–H and O–H groups in total. The van der Waals surface area contributed by atoms with E-state index in [0.717, 1.165) is 17.5 Å². The van der Waals surface area contributed by atoms with Gasteiger partial charge in [0.2, 0.25) is 0 Å². The van der Waals surface area contributed by atoms with Crippen LogP contribution in [-0.4, -0.2) is 25.4 Å². The number of benzene rings is 2. The number of ether oxygens (including phenoxy) is 2. The quantitative estimate of drug-likeness (QED) is 0.171. The number of rotatable bonds is 10. The van der Waals surface area contributed by atoms with Gasteiger partial charge in [-0.15, -0.1) is 0 Å². The molecule has 0 amide bonds. The summed E-state index contributed by atoms with van der Waals surface area (Å²) in [5.74, 6) is -0.291. The lowest BCUT2D eigenvalue weighted by Crippen LogP contribution is -2.46. The topological polar surface area (TPSA) is 65.7 Å². The first-order valence-corrected chi connectivity index (χ1v) is 14.7. The Balaban J connectivity index is 1.84. The van der Waals surface area contributed by atoms with Gasteiger partial charge in [-0.1, -0.05) is 79.7 Å². The molecule has 8 heteroatoms. The Morgan fingerprint density at radius 2 is 1.49 bits per heavy atom. The molecule has 1 aromatic heterocycles. The molecule has 2 unspecified atom stereocenters. The van der Waals surface area contributed by atoms with E-state index in [2.05, 4.69) is 0 Å². The lowest BCUT2D eigenvalue weighted by molar-refractivity contribution is -0.183. The minimum absolute atomic E-state index is 0.204. The summed E-state index contributed by atoms with van der Waals surface area (Å²) in [6, 6.07) is 14.2. The number of halogens is 3. The Morgan fingerprint density at radius 3 is 2.07 bits per heavy atom. The zero-order valence-electron chi connectivity index (χ0n) is 26.8. The number of carbonyl (C=O) groups excluding carboxylic acids is 1. The standard InChI is InChI=1S/C35H45F3O5/c1-10-23-13-11-12-14-26(23)27-17-24-15-16-25(18-28(24)43-29(27)39)41-21-33(8,20-35(36,37)38)22-42-30(40)34(9,32(5,6)7)19-31(2,3)4/h11-18H,10,19-22H2,1-9H3. The van der Waals surface area contributed by atoms with Gasteiger partial charge >= 0.3 is 17.8 Å². The van der Waals surface area contributed by atoms with Crippen molar-refractivity contribution in [1.82, 2.24) is 0 Å². The van der Waals surface area contributed by atoms with Crippen molar-refractivity contribution in [1.29, 1.82) is 0 Å². The fourth-order valence-electron chi connectivity index (χ4n) is 5.45. The molecular formula is C35H45F3O5. The molecule has 0 saturated heterocycles. The zero-order chi connectivity index (χ0) is 32.4. The largest absolute Gasteiger partial charge is 0.493 e. The Kier molecular flexibility index (Phi) is 9.84. The van der Waals surface area contributed by atoms with E-state index in [1.165, 1.54) is 13.0 Å². The second-order valence-electron chi connectivity index (χ2n) is 14.4. The van der Waals surface area contributed by atoms with Crippen LogP contribution in [0.1, 0.15) is 80.7 Å². The Bertz CT molecular complexity index is 1490. The van der Waals surface area contributed by atoms with Crippen LogP contribution < -0.4 is 10.4 Å². The van der Waals surface area contributed by atoms with E-state index in [1.54, 1.807) is 18.2 Å². The van der Waals surface area contributed by atoms with Crippen molar-refractivity contribution in [2.45, 2.75) is 87.8 Å². The number of hydrogen-bond donors (Lipinski definition) is 0. The summed E-state index contributed by atoms with van der Waals surface area (Å²) in [5.41, 5.74) is -1.18. The van der Waals surface area contributed by atoms with Crippen molar-refractivity contribution < 1.29 is 31.9 Å². The highest BCUT2D eigenvalue weighted by Crippen LogP contribution is 2.48. The van der Waals surface area contributed by atoms with Gasteiger partial charge in [0.1, 0.15) is 17.9 Å². The second kappa shape index (κ2) is 12.4. The van der Waals surface area contributed by atoms with Gasteiger partial charge in [0, 0.05) is 16.9 Å². The van der Waals surface area contributed by atoms with Gasteiger partial charge < -0.3 is 13.9 Å². The highest BCUT2D eigenvalue weighted by Gasteiger charge is 2.49. The van der Waals surface area contributed by atoms with E-state index in [4.69, 9.17) is 13.9 Å². The highest BCUT2D eigenvalue weighted by atomic mass is 19.4. The molecule has 0 fully saturated rings. The molecule has 0 spiro atoms. The molecule has 2 aromatic carbocycles. The maximum atomic E-state index is 13.7. The molecule has 0 aliphatic rings. The average molecular weight is 603 g/mol. The third-order valence-corrected chi connectivity index (χ3v) is 8.15. The van der Waals surface area contributed by atoms with Crippen LogP contribution in [0.3, 0.4) is 0 Å². The van der Waals surface area contributed by atoms with Gasteiger partial charge in [0.05, 0.1) is 24.0 Å². The van der Waals surface area contributed by atoms with Crippen molar-refractivity contribution in [3.05, 3.63) is 64.5 Å². The summed E-state index contributed by atoms with van der Waals surface area (Å²) in [4.78, 5) is 26.3. The first-order chi connectivity index (χ1) is 19.7. The molecule has 1 heterocycles. The highest BCUT2D eigenvalue weighted by molar-refractivity contribution is 5.83. The summed E-state index contributed by atoms with van der Waals surface area (Å²) in [6.45, 7) is 16.2. The van der Waals surface area contributed by atoms with E-state index >= 15 is 0 Å². The number of esters is 1. The van der Waals surface area contributed by atoms with Crippen LogP contribution in [0.15, 0.2) is 57.7 Å². The lowest BCUT2D eigenvalue weighted by atomic mass is 9.61. The predicted octanol–water partition coefficient (Wildman–Crippen LogP) is 9.39. The molecule has 0 aliphatic carbocycles. The van der Waals surface area contributed by atoms with Crippen LogP contribution in [0.2, 0.25) is 0 Å². The van der Waals surface area contributed by atoms with Crippen LogP contribution in [0, 0.1) is 21.7 Å². The van der Waals surface area contributed by atoms with Crippen LogP contribution in [-0.2, 0) is 16.0 Å². The van der Waals surface area contributed by atoms with E-state index in [-0.39, 0.29) is 23.4 Å². The summed E-state index contributed by atoms with van der Waals surface area (Å²) in [5, 5.41) is 0.653. The molecule has 236 valence electrons. The van der Waals surface area contributed by atoms with Gasteiger partial charge in [-0.05, 0) is 59.9 Å². The van der Waals surface area contributed by atoms with Gasteiger partial charge in [-0.2, -0.15) is 13.2 Å². The third-order valence-electron chi connectivity index (χ3n) is 8.15. The van der Waals surface area contributed by atoms with E-state index in [0.29, 0.717) is 17.4 Å². The SMILES string of the molecule is CCc1ccccc1-c1cc2ccc(OCC(C)(COC(=O)C(C)(CC(C)(C)C)C(C)(C)C)CC(F)(F)F)cc2oc1=O. The minimum Gasteiger partial charge on any atom is -0.493 e. The summed E-state index contributed by atoms with van der Waals surface area (Å²) < 4.78 is 58.1. The number of aryl methyl sites for hydroxylation is 1. The third kappa shape index (κ3) is 8.64. The fourth-order valence-corrected chi connectivity index (χ4v) is 5.45. The molecule has 0 bridgehead atoms. The van der Waals surface area contributed by atoms with Crippen LogP contribution in [0.5, 0.6) is 5.75 Å². The van der Waals surface area contributed by atoms with Crippen LogP contribution in [0.4, 0.5) is 13.2 Å². The maximum absolute atomic E-state index is 13.7. The summed E-state index contributed by atoms with van der Waals surface area (Å²) in [7, 11) is 0. The van der Waals surface area contributed by atoms with Gasteiger partial charge in [-0.3, -0.25) is 4.79 Å². The molecule has 0 saturated carbocycles. The molecule has 3 aromatic rings. The van der Waals surface area contributed by atoms with Crippen molar-refractivity contribution in [3.63, 3.8) is 0 Å². The molecular weight excluding hydrogens is 557 g/mol. The lowest BCUT2D eigenvalue weighted by Gasteiger charge is -2.44. The maximum Gasteiger partial charge on any atom is 0.389 e. The second-order valence-corrected chi connectivity index (χ2v) is 14.4. The number of hydrogen-bond acceptors (Lipinski definition) is 5. The number of fused-ring (bicyclic) bond motifs is 1. The van der Waals surface area contributed by atoms with E-state index in [9.17, 15) is 22.8 Å². The normalized spacial score (nSPS) is 15.5. The van der Waals surface area contributed by atoms with Crippen molar-refractivity contribution >= 4 is 16.9 Å². The van der Waals surface area contributed by atoms with Gasteiger partial charge in [0.25, 0.3) is 0 Å². The molecule has 43 heavy (non-hydrogen) atoms. The van der Waals surface area contributed by atoms with Crippen molar-refractivity contribution in [2.24, 2.45) is 21.7 Å². The Hall–Kier alpha value is -3.29. The molecule has 0 aliphatic heterocycles. The zero-order valence-corrected chi connectivity index (χ0v) is 26.8. The summed E-state index contributed by atoms with van der Waals surface area (Å²) in [6.07, 6.45) is -4.46. The molecule has 3 rings (SSSR count). The minimum atomic E-state index is -4.51. The van der Waals surface area contributed by atoms with Gasteiger partial charge in [-0.25, -0.2) is 4.79 Å². The fraction of sp³-hybridized carbons (Fsp3) is 0.543. The Morgan fingerprint density at radius 1 is 0.837 bits per heavy atom. The monoisotopic (exact) mass is 602 g/mol. The first-order valence-electron chi connectivity index (χ1n) is 14.7. The summed E-state index contributed by atoms with van der Waals surface area (Å²) >= 11 is 0. The van der Waals surface area contributed by atoms with E-state index < -0.39 is 47.0 Å².